The van der Waals surface area contributed by atoms with Gasteiger partial charge in [-0.3, -0.25) is 14.2 Å². The van der Waals surface area contributed by atoms with Crippen LogP contribution in [0.2, 0.25) is 5.02 Å². The summed E-state index contributed by atoms with van der Waals surface area (Å²) in [5.74, 6) is 1.15. The normalized spacial score (nSPS) is 14.3. The molecule has 1 fully saturated rings. The van der Waals surface area contributed by atoms with Crippen molar-refractivity contribution in [2.24, 2.45) is 11.7 Å². The highest BCUT2D eigenvalue weighted by Gasteiger charge is 2.24. The Bertz CT molecular complexity index is 796. The first-order valence-electron chi connectivity index (χ1n) is 8.02. The smallest absolute Gasteiger partial charge is 0.262 e. The van der Waals surface area contributed by atoms with Crippen molar-refractivity contribution in [3.05, 3.63) is 39.4 Å². The lowest BCUT2D eigenvalue weighted by Gasteiger charge is -2.13. The maximum absolute atomic E-state index is 12.8. The number of amides is 1. The standard InChI is InChI=1S/C17H20ClN3O2/c18-12-4-3-5-13-16(12)17(23)21(9-2-1-6-14(19)22)15(20-13)10-11-7-8-11/h3-5,11H,1-2,6-10H2,(H2,19,22). The SMILES string of the molecule is NC(=O)CCCCn1c(CC2CC2)nc2cccc(Cl)c2c1=O. The van der Waals surface area contributed by atoms with Gasteiger partial charge in [0.2, 0.25) is 5.91 Å². The molecule has 2 aromatic rings. The summed E-state index contributed by atoms with van der Waals surface area (Å²) in [7, 11) is 0. The van der Waals surface area contributed by atoms with E-state index in [0.717, 1.165) is 18.7 Å². The number of hydrogen-bond acceptors (Lipinski definition) is 3. The Morgan fingerprint density at radius 2 is 2.13 bits per heavy atom. The number of halogens is 1. The summed E-state index contributed by atoms with van der Waals surface area (Å²) < 4.78 is 1.73. The minimum Gasteiger partial charge on any atom is -0.370 e. The van der Waals surface area contributed by atoms with E-state index in [1.807, 2.05) is 12.1 Å². The van der Waals surface area contributed by atoms with Crippen LogP contribution in [0.5, 0.6) is 0 Å². The fourth-order valence-corrected chi connectivity index (χ4v) is 3.06. The van der Waals surface area contributed by atoms with Crippen LogP contribution in [0.3, 0.4) is 0 Å². The zero-order valence-electron chi connectivity index (χ0n) is 12.9. The van der Waals surface area contributed by atoms with Gasteiger partial charge >= 0.3 is 0 Å². The van der Waals surface area contributed by atoms with Gasteiger partial charge in [0.1, 0.15) is 5.82 Å². The molecule has 0 bridgehead atoms. The highest BCUT2D eigenvalue weighted by Crippen LogP contribution is 2.32. The van der Waals surface area contributed by atoms with Crippen molar-refractivity contribution in [1.29, 1.82) is 0 Å². The molecule has 2 N–H and O–H groups in total. The number of primary amides is 1. The largest absolute Gasteiger partial charge is 0.370 e. The molecule has 23 heavy (non-hydrogen) atoms. The van der Waals surface area contributed by atoms with Crippen molar-refractivity contribution >= 4 is 28.4 Å². The Morgan fingerprint density at radius 3 is 2.83 bits per heavy atom. The number of benzene rings is 1. The van der Waals surface area contributed by atoms with Gasteiger partial charge in [0.25, 0.3) is 5.56 Å². The van der Waals surface area contributed by atoms with Crippen LogP contribution in [0.1, 0.15) is 37.9 Å². The Kier molecular flexibility index (Phi) is 4.66. The third kappa shape index (κ3) is 3.72. The zero-order valence-corrected chi connectivity index (χ0v) is 13.7. The Labute approximate surface area is 139 Å². The first-order chi connectivity index (χ1) is 11.1. The van der Waals surface area contributed by atoms with Gasteiger partial charge in [0.05, 0.1) is 15.9 Å². The highest BCUT2D eigenvalue weighted by molar-refractivity contribution is 6.35. The van der Waals surface area contributed by atoms with Crippen LogP contribution in [0.15, 0.2) is 23.0 Å². The van der Waals surface area contributed by atoms with E-state index in [1.54, 1.807) is 10.6 Å². The van der Waals surface area contributed by atoms with E-state index < -0.39 is 0 Å². The molecule has 1 heterocycles. The molecule has 0 aliphatic heterocycles. The molecule has 6 heteroatoms. The number of fused-ring (bicyclic) bond motifs is 1. The molecule has 5 nitrogen and oxygen atoms in total. The second-order valence-electron chi connectivity index (χ2n) is 6.19. The van der Waals surface area contributed by atoms with Crippen LogP contribution in [0.25, 0.3) is 10.9 Å². The van der Waals surface area contributed by atoms with Crippen LogP contribution >= 0.6 is 11.6 Å². The molecule has 3 rings (SSSR count). The van der Waals surface area contributed by atoms with Crippen LogP contribution in [0.4, 0.5) is 0 Å². The summed E-state index contributed by atoms with van der Waals surface area (Å²) in [6, 6.07) is 5.36. The monoisotopic (exact) mass is 333 g/mol. The summed E-state index contributed by atoms with van der Waals surface area (Å²) in [4.78, 5) is 28.4. The molecule has 0 radical (unpaired) electrons. The number of nitrogens with two attached hydrogens (primary N) is 1. The lowest BCUT2D eigenvalue weighted by atomic mass is 10.2. The summed E-state index contributed by atoms with van der Waals surface area (Å²) in [5, 5.41) is 0.910. The number of hydrogen-bond donors (Lipinski definition) is 1. The second-order valence-corrected chi connectivity index (χ2v) is 6.60. The van der Waals surface area contributed by atoms with Gasteiger partial charge in [0, 0.05) is 19.4 Å². The predicted molar refractivity (Wildman–Crippen MR) is 90.5 cm³/mol. The van der Waals surface area contributed by atoms with Crippen LogP contribution in [-0.2, 0) is 17.8 Å². The number of aromatic nitrogens is 2. The molecule has 1 amide bonds. The maximum atomic E-state index is 12.8. The van der Waals surface area contributed by atoms with E-state index in [4.69, 9.17) is 17.3 Å². The van der Waals surface area contributed by atoms with Crippen molar-refractivity contribution in [2.75, 3.05) is 0 Å². The van der Waals surface area contributed by atoms with Crippen LogP contribution in [-0.4, -0.2) is 15.5 Å². The van der Waals surface area contributed by atoms with Gasteiger partial charge in [-0.05, 0) is 43.7 Å². The third-order valence-electron chi connectivity index (χ3n) is 4.23. The average molecular weight is 334 g/mol. The summed E-state index contributed by atoms with van der Waals surface area (Å²) in [5.41, 5.74) is 5.73. The lowest BCUT2D eigenvalue weighted by molar-refractivity contribution is -0.118. The summed E-state index contributed by atoms with van der Waals surface area (Å²) in [6.07, 6.45) is 4.96. The minimum absolute atomic E-state index is 0.0877. The molecule has 1 aromatic heterocycles. The van der Waals surface area contributed by atoms with E-state index in [-0.39, 0.29) is 11.5 Å². The molecule has 1 aliphatic carbocycles. The summed E-state index contributed by atoms with van der Waals surface area (Å²) >= 11 is 6.19. The van der Waals surface area contributed by atoms with E-state index in [2.05, 4.69) is 4.98 Å². The molecule has 1 aromatic carbocycles. The fraction of sp³-hybridized carbons (Fsp3) is 0.471. The van der Waals surface area contributed by atoms with Crippen molar-refractivity contribution in [3.63, 3.8) is 0 Å². The van der Waals surface area contributed by atoms with Crippen LogP contribution < -0.4 is 11.3 Å². The van der Waals surface area contributed by atoms with E-state index >= 15 is 0 Å². The highest BCUT2D eigenvalue weighted by atomic mass is 35.5. The number of carbonyl (C=O) groups excluding carboxylic acids is 1. The third-order valence-corrected chi connectivity index (χ3v) is 4.55. The van der Waals surface area contributed by atoms with Gasteiger partial charge < -0.3 is 5.73 Å². The van der Waals surface area contributed by atoms with Gasteiger partial charge in [-0.25, -0.2) is 4.98 Å². The van der Waals surface area contributed by atoms with Gasteiger partial charge in [-0.2, -0.15) is 0 Å². The van der Waals surface area contributed by atoms with Crippen molar-refractivity contribution in [1.82, 2.24) is 9.55 Å². The van der Waals surface area contributed by atoms with Gasteiger partial charge in [0.15, 0.2) is 0 Å². The first kappa shape index (κ1) is 16.0. The van der Waals surface area contributed by atoms with Crippen molar-refractivity contribution < 1.29 is 4.79 Å². The Balaban J connectivity index is 1.94. The molecule has 1 saturated carbocycles. The van der Waals surface area contributed by atoms with Crippen LogP contribution in [0, 0.1) is 5.92 Å². The Morgan fingerprint density at radius 1 is 1.35 bits per heavy atom. The number of carbonyl (C=O) groups is 1. The molecular formula is C17H20ClN3O2. The van der Waals surface area contributed by atoms with E-state index in [1.165, 1.54) is 12.8 Å². The molecule has 0 unspecified atom stereocenters. The predicted octanol–water partition coefficient (Wildman–Crippen LogP) is 2.66. The number of rotatable bonds is 7. The zero-order chi connectivity index (χ0) is 16.4. The van der Waals surface area contributed by atoms with E-state index in [9.17, 15) is 9.59 Å². The van der Waals surface area contributed by atoms with E-state index in [0.29, 0.717) is 41.2 Å². The molecule has 1 aliphatic rings. The molecule has 0 spiro atoms. The Hall–Kier alpha value is -1.88. The fourth-order valence-electron chi connectivity index (χ4n) is 2.80. The number of nitrogens with zero attached hydrogens (tertiary/aromatic N) is 2. The lowest BCUT2D eigenvalue weighted by Crippen LogP contribution is -2.26. The summed E-state index contributed by atoms with van der Waals surface area (Å²) in [6.45, 7) is 0.544. The van der Waals surface area contributed by atoms with Gasteiger partial charge in [-0.15, -0.1) is 0 Å². The topological polar surface area (TPSA) is 78.0 Å². The first-order valence-corrected chi connectivity index (χ1v) is 8.40. The van der Waals surface area contributed by atoms with Crippen molar-refractivity contribution in [2.45, 2.75) is 45.1 Å². The second kappa shape index (κ2) is 6.71. The molecule has 122 valence electrons. The quantitative estimate of drug-likeness (QED) is 0.791. The maximum Gasteiger partial charge on any atom is 0.262 e. The van der Waals surface area contributed by atoms with Crippen molar-refractivity contribution in [3.8, 4) is 0 Å². The molecule has 0 saturated heterocycles. The molecular weight excluding hydrogens is 314 g/mol. The van der Waals surface area contributed by atoms with Gasteiger partial charge in [-0.1, -0.05) is 17.7 Å². The average Bonchev–Trinajstić information content (AvgIpc) is 3.29. The minimum atomic E-state index is -0.310. The molecule has 0 atom stereocenters. The number of unbranched alkanes of at least 4 members (excludes halogenated alkanes) is 1.